The first-order chi connectivity index (χ1) is 15.6. The number of benzene rings is 1. The second-order valence-corrected chi connectivity index (χ2v) is 8.59. The lowest BCUT2D eigenvalue weighted by Crippen LogP contribution is -2.47. The number of hydrogen-bond acceptors (Lipinski definition) is 6. The highest BCUT2D eigenvalue weighted by Crippen LogP contribution is 2.27. The van der Waals surface area contributed by atoms with Crippen molar-refractivity contribution in [3.8, 4) is 5.69 Å². The molecule has 0 aliphatic carbocycles. The number of carbonyl (C=O) groups excluding carboxylic acids is 1. The summed E-state index contributed by atoms with van der Waals surface area (Å²) in [5.74, 6) is -0.0714. The predicted molar refractivity (Wildman–Crippen MR) is 119 cm³/mol. The van der Waals surface area contributed by atoms with Crippen molar-refractivity contribution in [1.82, 2.24) is 29.8 Å². The minimum Gasteiger partial charge on any atom is -0.377 e. The highest BCUT2D eigenvalue weighted by Gasteiger charge is 2.29. The summed E-state index contributed by atoms with van der Waals surface area (Å²) < 4.78 is 7.30. The fourth-order valence-corrected chi connectivity index (χ4v) is 4.65. The molecule has 1 fully saturated rings. The van der Waals surface area contributed by atoms with Gasteiger partial charge in [-0.05, 0) is 55.2 Å². The van der Waals surface area contributed by atoms with Crippen LogP contribution in [0.4, 0.5) is 0 Å². The third-order valence-electron chi connectivity index (χ3n) is 6.43. The minimum atomic E-state index is -0.0714. The van der Waals surface area contributed by atoms with Crippen LogP contribution >= 0.6 is 0 Å². The van der Waals surface area contributed by atoms with Gasteiger partial charge in [0.25, 0.3) is 5.91 Å². The number of ether oxygens (including phenoxy) is 1. The molecule has 0 radical (unpaired) electrons. The number of aromatic nitrogens is 4. The van der Waals surface area contributed by atoms with E-state index in [0.717, 1.165) is 37.4 Å². The molecule has 8 heteroatoms. The molecule has 0 N–H and O–H groups in total. The molecule has 2 aliphatic rings. The molecule has 166 valence electrons. The molecule has 3 aromatic rings. The molecule has 2 aliphatic heterocycles. The van der Waals surface area contributed by atoms with Crippen LogP contribution in [0.3, 0.4) is 0 Å². The van der Waals surface area contributed by atoms with Crippen molar-refractivity contribution in [2.24, 2.45) is 0 Å². The van der Waals surface area contributed by atoms with Crippen molar-refractivity contribution in [2.75, 3.05) is 26.3 Å². The molecular formula is C24H28N6O2. The van der Waals surface area contributed by atoms with Crippen LogP contribution in [0.15, 0.2) is 42.7 Å². The van der Waals surface area contributed by atoms with E-state index in [0.29, 0.717) is 25.5 Å². The second-order valence-electron chi connectivity index (χ2n) is 8.59. The Balaban J connectivity index is 1.39. The summed E-state index contributed by atoms with van der Waals surface area (Å²) in [6, 6.07) is 10.5. The number of rotatable bonds is 4. The standard InChI is InChI=1S/C24H28N6O2/c1-17-16-32-13-12-29(17)24(31)23-18(2)30(27-26-23)22-5-3-4-20-15-28(11-8-21(20)22)14-19-6-9-25-10-7-19/h3-7,9-10,17H,8,11-16H2,1-2H3/t17-/m1/s1. The highest BCUT2D eigenvalue weighted by molar-refractivity contribution is 5.93. The molecule has 1 aromatic carbocycles. The van der Waals surface area contributed by atoms with E-state index in [1.807, 2.05) is 35.8 Å². The largest absolute Gasteiger partial charge is 0.377 e. The third kappa shape index (κ3) is 3.91. The Kier molecular flexibility index (Phi) is 5.71. The number of nitrogens with zero attached hydrogens (tertiary/aromatic N) is 6. The SMILES string of the molecule is Cc1c(C(=O)N2CCOC[C@H]2C)nnn1-c1cccc2c1CCN(Cc1ccncc1)C2. The maximum absolute atomic E-state index is 13.1. The number of pyridine rings is 1. The van der Waals surface area contributed by atoms with Crippen LogP contribution in [0, 0.1) is 6.92 Å². The van der Waals surface area contributed by atoms with Crippen molar-refractivity contribution >= 4 is 5.91 Å². The number of amides is 1. The Morgan fingerprint density at radius 1 is 1.19 bits per heavy atom. The van der Waals surface area contributed by atoms with Crippen LogP contribution in [-0.2, 0) is 24.2 Å². The van der Waals surface area contributed by atoms with Gasteiger partial charge in [0.1, 0.15) is 0 Å². The molecule has 8 nitrogen and oxygen atoms in total. The van der Waals surface area contributed by atoms with Gasteiger partial charge in [-0.3, -0.25) is 14.7 Å². The molecule has 2 aromatic heterocycles. The molecule has 4 heterocycles. The van der Waals surface area contributed by atoms with Crippen LogP contribution in [0.1, 0.15) is 39.8 Å². The van der Waals surface area contributed by atoms with E-state index in [9.17, 15) is 4.79 Å². The van der Waals surface area contributed by atoms with Crippen molar-refractivity contribution in [3.63, 3.8) is 0 Å². The van der Waals surface area contributed by atoms with Gasteiger partial charge in [0.05, 0.1) is 30.6 Å². The van der Waals surface area contributed by atoms with Crippen molar-refractivity contribution < 1.29 is 9.53 Å². The van der Waals surface area contributed by atoms with Crippen LogP contribution in [0.5, 0.6) is 0 Å². The molecule has 1 saturated heterocycles. The summed E-state index contributed by atoms with van der Waals surface area (Å²) in [6.45, 7) is 8.39. The normalized spacial score (nSPS) is 19.1. The summed E-state index contributed by atoms with van der Waals surface area (Å²) in [6.07, 6.45) is 4.62. The Morgan fingerprint density at radius 2 is 2.03 bits per heavy atom. The predicted octanol–water partition coefficient (Wildman–Crippen LogP) is 2.39. The Morgan fingerprint density at radius 3 is 2.84 bits per heavy atom. The molecule has 1 atom stereocenters. The highest BCUT2D eigenvalue weighted by atomic mass is 16.5. The van der Waals surface area contributed by atoms with Gasteiger partial charge in [-0.1, -0.05) is 17.3 Å². The fourth-order valence-electron chi connectivity index (χ4n) is 4.65. The minimum absolute atomic E-state index is 0.0386. The summed E-state index contributed by atoms with van der Waals surface area (Å²) in [4.78, 5) is 21.5. The zero-order valence-electron chi connectivity index (χ0n) is 18.6. The Labute approximate surface area is 187 Å². The number of carbonyl (C=O) groups is 1. The molecule has 0 saturated carbocycles. The number of morpholine rings is 1. The van der Waals surface area contributed by atoms with E-state index in [1.165, 1.54) is 16.7 Å². The number of fused-ring (bicyclic) bond motifs is 1. The van der Waals surface area contributed by atoms with E-state index in [1.54, 1.807) is 0 Å². The van der Waals surface area contributed by atoms with Crippen molar-refractivity contribution in [1.29, 1.82) is 0 Å². The van der Waals surface area contributed by atoms with Crippen LogP contribution < -0.4 is 0 Å². The third-order valence-corrected chi connectivity index (χ3v) is 6.43. The maximum Gasteiger partial charge on any atom is 0.276 e. The van der Waals surface area contributed by atoms with Crippen molar-refractivity contribution in [3.05, 3.63) is 70.8 Å². The maximum atomic E-state index is 13.1. The van der Waals surface area contributed by atoms with Gasteiger partial charge in [-0.25, -0.2) is 4.68 Å². The molecule has 0 spiro atoms. The quantitative estimate of drug-likeness (QED) is 0.630. The van der Waals surface area contributed by atoms with E-state index in [-0.39, 0.29) is 11.9 Å². The van der Waals surface area contributed by atoms with Crippen LogP contribution in [0.2, 0.25) is 0 Å². The van der Waals surface area contributed by atoms with Gasteiger partial charge in [-0.15, -0.1) is 5.10 Å². The molecule has 0 bridgehead atoms. The van der Waals surface area contributed by atoms with Gasteiger partial charge in [0.2, 0.25) is 0 Å². The number of hydrogen-bond donors (Lipinski definition) is 0. The van der Waals surface area contributed by atoms with Gasteiger partial charge in [0, 0.05) is 38.6 Å². The van der Waals surface area contributed by atoms with E-state index in [2.05, 4.69) is 50.5 Å². The van der Waals surface area contributed by atoms with Gasteiger partial charge in [0.15, 0.2) is 5.69 Å². The second kappa shape index (κ2) is 8.80. The summed E-state index contributed by atoms with van der Waals surface area (Å²) >= 11 is 0. The monoisotopic (exact) mass is 432 g/mol. The van der Waals surface area contributed by atoms with Gasteiger partial charge < -0.3 is 9.64 Å². The summed E-state index contributed by atoms with van der Waals surface area (Å²) in [5, 5.41) is 8.68. The summed E-state index contributed by atoms with van der Waals surface area (Å²) in [7, 11) is 0. The van der Waals surface area contributed by atoms with Crippen molar-refractivity contribution in [2.45, 2.75) is 39.4 Å². The summed E-state index contributed by atoms with van der Waals surface area (Å²) in [5.41, 5.74) is 6.07. The van der Waals surface area contributed by atoms with E-state index >= 15 is 0 Å². The van der Waals surface area contributed by atoms with E-state index < -0.39 is 0 Å². The zero-order valence-corrected chi connectivity index (χ0v) is 18.6. The molecule has 32 heavy (non-hydrogen) atoms. The lowest BCUT2D eigenvalue weighted by atomic mass is 9.97. The molecule has 5 rings (SSSR count). The topological polar surface area (TPSA) is 76.4 Å². The Hall–Kier alpha value is -3.10. The molecule has 0 unspecified atom stereocenters. The lowest BCUT2D eigenvalue weighted by molar-refractivity contribution is 0.00322. The zero-order chi connectivity index (χ0) is 22.1. The molecular weight excluding hydrogens is 404 g/mol. The first kappa shape index (κ1) is 20.8. The fraction of sp³-hybridized carbons (Fsp3) is 0.417. The van der Waals surface area contributed by atoms with Crippen LogP contribution in [0.25, 0.3) is 5.69 Å². The Bertz CT molecular complexity index is 1110. The smallest absolute Gasteiger partial charge is 0.276 e. The first-order valence-corrected chi connectivity index (χ1v) is 11.1. The van der Waals surface area contributed by atoms with Crippen LogP contribution in [-0.4, -0.2) is 68.0 Å². The van der Waals surface area contributed by atoms with Gasteiger partial charge in [-0.2, -0.15) is 0 Å². The van der Waals surface area contributed by atoms with Gasteiger partial charge >= 0.3 is 0 Å². The first-order valence-electron chi connectivity index (χ1n) is 11.1. The molecule has 1 amide bonds. The van der Waals surface area contributed by atoms with E-state index in [4.69, 9.17) is 4.74 Å². The lowest BCUT2D eigenvalue weighted by Gasteiger charge is -2.32. The average molecular weight is 433 g/mol. The average Bonchev–Trinajstić information content (AvgIpc) is 3.20.